The van der Waals surface area contributed by atoms with Crippen LogP contribution in [0.2, 0.25) is 5.02 Å². The molecular weight excluding hydrogens is 214 g/mol. The lowest BCUT2D eigenvalue weighted by atomic mass is 10.2. The summed E-state index contributed by atoms with van der Waals surface area (Å²) in [5, 5.41) is 9.28. The van der Waals surface area contributed by atoms with Crippen molar-refractivity contribution in [3.63, 3.8) is 0 Å². The van der Waals surface area contributed by atoms with Gasteiger partial charge in [0, 0.05) is 24.3 Å². The third-order valence-corrected chi connectivity index (χ3v) is 2.72. The Morgan fingerprint density at radius 1 is 1.53 bits per heavy atom. The largest absolute Gasteiger partial charge is 0.481 e. The summed E-state index contributed by atoms with van der Waals surface area (Å²) in [5.41, 5.74) is 1.95. The van der Waals surface area contributed by atoms with E-state index in [1.807, 2.05) is 37.1 Å². The summed E-state index contributed by atoms with van der Waals surface area (Å²) in [6.07, 6.45) is 0.127. The number of aliphatic carboxylic acids is 1. The second kappa shape index (κ2) is 5.03. The van der Waals surface area contributed by atoms with Gasteiger partial charge in [-0.05, 0) is 24.6 Å². The molecule has 0 aliphatic rings. The molecule has 0 radical (unpaired) electrons. The van der Waals surface area contributed by atoms with E-state index < -0.39 is 5.97 Å². The second-order valence-corrected chi connectivity index (χ2v) is 3.86. The lowest BCUT2D eigenvalue weighted by molar-refractivity contribution is -0.136. The van der Waals surface area contributed by atoms with E-state index in [4.69, 9.17) is 16.7 Å². The predicted molar refractivity (Wildman–Crippen MR) is 61.7 cm³/mol. The Labute approximate surface area is 94.3 Å². The van der Waals surface area contributed by atoms with E-state index in [0.717, 1.165) is 11.3 Å². The molecule has 1 aromatic rings. The van der Waals surface area contributed by atoms with Gasteiger partial charge in [-0.3, -0.25) is 4.79 Å². The molecule has 0 spiro atoms. The van der Waals surface area contributed by atoms with E-state index in [9.17, 15) is 4.79 Å². The maximum absolute atomic E-state index is 10.4. The van der Waals surface area contributed by atoms with E-state index in [0.29, 0.717) is 11.6 Å². The van der Waals surface area contributed by atoms with Crippen molar-refractivity contribution >= 4 is 23.3 Å². The third-order valence-electron chi connectivity index (χ3n) is 2.31. The normalized spacial score (nSPS) is 10.1. The first-order valence-electron chi connectivity index (χ1n) is 4.70. The Morgan fingerprint density at radius 3 is 2.80 bits per heavy atom. The van der Waals surface area contributed by atoms with E-state index in [1.54, 1.807) is 0 Å². The highest BCUT2D eigenvalue weighted by atomic mass is 35.5. The molecule has 0 saturated carbocycles. The zero-order chi connectivity index (χ0) is 11.4. The third kappa shape index (κ3) is 3.13. The van der Waals surface area contributed by atoms with E-state index in [2.05, 4.69) is 0 Å². The minimum atomic E-state index is -0.790. The number of nitrogens with zero attached hydrogens (tertiary/aromatic N) is 1. The first-order valence-corrected chi connectivity index (χ1v) is 5.08. The van der Waals surface area contributed by atoms with Crippen LogP contribution in [0.25, 0.3) is 0 Å². The van der Waals surface area contributed by atoms with Gasteiger partial charge in [-0.15, -0.1) is 0 Å². The minimum absolute atomic E-state index is 0.127. The molecule has 0 unspecified atom stereocenters. The standard InChI is InChI=1S/C11H14ClNO2/c1-8-9(12)4-3-5-10(8)13(2)7-6-11(14)15/h3-5H,6-7H2,1-2H3,(H,14,15). The molecule has 15 heavy (non-hydrogen) atoms. The van der Waals surface area contributed by atoms with Crippen molar-refractivity contribution in [3.8, 4) is 0 Å². The maximum Gasteiger partial charge on any atom is 0.305 e. The Bertz CT molecular complexity index is 366. The van der Waals surface area contributed by atoms with Crippen LogP contribution in [0.4, 0.5) is 5.69 Å². The van der Waals surface area contributed by atoms with Gasteiger partial charge in [0.1, 0.15) is 0 Å². The van der Waals surface area contributed by atoms with Gasteiger partial charge in [-0.25, -0.2) is 0 Å². The summed E-state index contributed by atoms with van der Waals surface area (Å²) in [6, 6.07) is 5.62. The van der Waals surface area contributed by atoms with Gasteiger partial charge < -0.3 is 10.0 Å². The van der Waals surface area contributed by atoms with Crippen LogP contribution in [0.15, 0.2) is 18.2 Å². The molecule has 1 aromatic carbocycles. The van der Waals surface area contributed by atoms with Gasteiger partial charge >= 0.3 is 5.97 Å². The summed E-state index contributed by atoms with van der Waals surface area (Å²) in [5.74, 6) is -0.790. The number of anilines is 1. The molecule has 82 valence electrons. The smallest absolute Gasteiger partial charge is 0.305 e. The van der Waals surface area contributed by atoms with E-state index >= 15 is 0 Å². The zero-order valence-electron chi connectivity index (χ0n) is 8.83. The van der Waals surface area contributed by atoms with Crippen LogP contribution in [0.3, 0.4) is 0 Å². The molecule has 0 fully saturated rings. The number of halogens is 1. The van der Waals surface area contributed by atoms with Crippen molar-refractivity contribution in [1.29, 1.82) is 0 Å². The molecule has 0 bridgehead atoms. The molecule has 3 nitrogen and oxygen atoms in total. The van der Waals surface area contributed by atoms with E-state index in [1.165, 1.54) is 0 Å². The van der Waals surface area contributed by atoms with Crippen molar-refractivity contribution in [3.05, 3.63) is 28.8 Å². The summed E-state index contributed by atoms with van der Waals surface area (Å²) in [7, 11) is 1.86. The Hall–Kier alpha value is -1.22. The fraction of sp³-hybridized carbons (Fsp3) is 0.364. The fourth-order valence-corrected chi connectivity index (χ4v) is 1.56. The highest BCUT2D eigenvalue weighted by molar-refractivity contribution is 6.31. The first-order chi connectivity index (χ1) is 7.02. The van der Waals surface area contributed by atoms with Crippen LogP contribution in [0.1, 0.15) is 12.0 Å². The molecule has 0 atom stereocenters. The predicted octanol–water partition coefficient (Wildman–Crippen LogP) is 2.56. The van der Waals surface area contributed by atoms with Gasteiger partial charge in [0.05, 0.1) is 6.42 Å². The molecule has 0 amide bonds. The number of carboxylic acids is 1. The fourth-order valence-electron chi connectivity index (χ4n) is 1.39. The monoisotopic (exact) mass is 227 g/mol. The molecule has 0 saturated heterocycles. The van der Waals surface area contributed by atoms with Crippen molar-refractivity contribution in [2.75, 3.05) is 18.5 Å². The lowest BCUT2D eigenvalue weighted by Gasteiger charge is -2.20. The topological polar surface area (TPSA) is 40.5 Å². The molecule has 1 rings (SSSR count). The van der Waals surface area contributed by atoms with Crippen LogP contribution < -0.4 is 4.90 Å². The summed E-state index contributed by atoms with van der Waals surface area (Å²) in [6.45, 7) is 2.41. The highest BCUT2D eigenvalue weighted by Crippen LogP contribution is 2.25. The number of benzene rings is 1. The van der Waals surface area contributed by atoms with Gasteiger partial charge in [0.25, 0.3) is 0 Å². The second-order valence-electron chi connectivity index (χ2n) is 3.45. The van der Waals surface area contributed by atoms with Crippen LogP contribution >= 0.6 is 11.6 Å². The van der Waals surface area contributed by atoms with Gasteiger partial charge in [-0.1, -0.05) is 17.7 Å². The van der Waals surface area contributed by atoms with Crippen LogP contribution in [-0.4, -0.2) is 24.7 Å². The summed E-state index contributed by atoms with van der Waals surface area (Å²) >= 11 is 5.98. The average Bonchev–Trinajstić information content (AvgIpc) is 2.18. The van der Waals surface area contributed by atoms with E-state index in [-0.39, 0.29) is 6.42 Å². The minimum Gasteiger partial charge on any atom is -0.481 e. The SMILES string of the molecule is Cc1c(Cl)cccc1N(C)CCC(=O)O. The summed E-state index contributed by atoms with van der Waals surface area (Å²) < 4.78 is 0. The van der Waals surface area contributed by atoms with Crippen LogP contribution in [0.5, 0.6) is 0 Å². The quantitative estimate of drug-likeness (QED) is 0.860. The van der Waals surface area contributed by atoms with Gasteiger partial charge in [0.15, 0.2) is 0 Å². The number of carbonyl (C=O) groups is 1. The number of hydrogen-bond acceptors (Lipinski definition) is 2. The van der Waals surface area contributed by atoms with Gasteiger partial charge in [0.2, 0.25) is 0 Å². The number of carboxylic acid groups (broad SMARTS) is 1. The molecule has 0 aliphatic carbocycles. The number of rotatable bonds is 4. The van der Waals surface area contributed by atoms with Crippen molar-refractivity contribution < 1.29 is 9.90 Å². The number of hydrogen-bond donors (Lipinski definition) is 1. The maximum atomic E-state index is 10.4. The first kappa shape index (κ1) is 11.9. The molecular formula is C11H14ClNO2. The lowest BCUT2D eigenvalue weighted by Crippen LogP contribution is -2.21. The molecule has 0 aromatic heterocycles. The van der Waals surface area contributed by atoms with Gasteiger partial charge in [-0.2, -0.15) is 0 Å². The van der Waals surface area contributed by atoms with Crippen molar-refractivity contribution in [1.82, 2.24) is 0 Å². The van der Waals surface area contributed by atoms with Crippen LogP contribution in [0, 0.1) is 6.92 Å². The Kier molecular flexibility index (Phi) is 3.97. The zero-order valence-corrected chi connectivity index (χ0v) is 9.58. The Morgan fingerprint density at radius 2 is 2.20 bits per heavy atom. The molecule has 4 heteroatoms. The Balaban J connectivity index is 2.77. The molecule has 0 aliphatic heterocycles. The van der Waals surface area contributed by atoms with Crippen molar-refractivity contribution in [2.24, 2.45) is 0 Å². The highest BCUT2D eigenvalue weighted by Gasteiger charge is 2.08. The molecule has 0 heterocycles. The molecule has 1 N–H and O–H groups in total. The van der Waals surface area contributed by atoms with Crippen LogP contribution in [-0.2, 0) is 4.79 Å². The van der Waals surface area contributed by atoms with Crippen molar-refractivity contribution in [2.45, 2.75) is 13.3 Å². The summed E-state index contributed by atoms with van der Waals surface area (Å²) in [4.78, 5) is 12.3. The average molecular weight is 228 g/mol.